The first-order chi connectivity index (χ1) is 14.0. The highest BCUT2D eigenvalue weighted by atomic mass is 32.2. The summed E-state index contributed by atoms with van der Waals surface area (Å²) in [6, 6.07) is 5.61. The first-order valence-electron chi connectivity index (χ1n) is 9.13. The molecule has 0 spiro atoms. The van der Waals surface area contributed by atoms with E-state index in [9.17, 15) is 9.59 Å². The summed E-state index contributed by atoms with van der Waals surface area (Å²) in [5.41, 5.74) is 1.83. The summed E-state index contributed by atoms with van der Waals surface area (Å²) in [7, 11) is 1.48. The highest BCUT2D eigenvalue weighted by molar-refractivity contribution is 8.00. The van der Waals surface area contributed by atoms with Gasteiger partial charge in [0.1, 0.15) is 11.6 Å². The molecule has 1 aromatic carbocycles. The molecule has 1 aromatic rings. The Morgan fingerprint density at radius 3 is 2.55 bits per heavy atom. The van der Waals surface area contributed by atoms with E-state index in [2.05, 4.69) is 29.0 Å². The Balaban J connectivity index is 1.63. The van der Waals surface area contributed by atoms with Crippen molar-refractivity contribution in [1.82, 2.24) is 10.8 Å². The molecule has 2 aliphatic rings. The zero-order chi connectivity index (χ0) is 20.9. The van der Waals surface area contributed by atoms with E-state index >= 15 is 0 Å². The van der Waals surface area contributed by atoms with Crippen LogP contribution < -0.4 is 10.8 Å². The second-order valence-electron chi connectivity index (χ2n) is 7.03. The summed E-state index contributed by atoms with van der Waals surface area (Å²) in [5.74, 6) is 11.9. The van der Waals surface area contributed by atoms with Crippen molar-refractivity contribution in [1.29, 1.82) is 0 Å². The number of benzene rings is 1. The molecule has 8 heteroatoms. The number of aliphatic hydroxyl groups is 1. The van der Waals surface area contributed by atoms with E-state index in [1.54, 1.807) is 41.5 Å². The van der Waals surface area contributed by atoms with Crippen LogP contribution >= 0.6 is 11.8 Å². The summed E-state index contributed by atoms with van der Waals surface area (Å²) in [5, 5.41) is 20.6. The second kappa shape index (κ2) is 9.34. The van der Waals surface area contributed by atoms with Crippen molar-refractivity contribution in [2.24, 2.45) is 11.8 Å². The van der Waals surface area contributed by atoms with Gasteiger partial charge in [0, 0.05) is 42.3 Å². The molecule has 4 N–H and O–H groups in total. The molecule has 152 valence electrons. The fourth-order valence-corrected chi connectivity index (χ4v) is 4.16. The number of ether oxygens (including phenoxy) is 1. The van der Waals surface area contributed by atoms with E-state index in [1.807, 2.05) is 0 Å². The van der Waals surface area contributed by atoms with Crippen molar-refractivity contribution in [2.45, 2.75) is 18.1 Å². The minimum atomic E-state index is -1.01. The predicted molar refractivity (Wildman–Crippen MR) is 108 cm³/mol. The Morgan fingerprint density at radius 1 is 1.31 bits per heavy atom. The molecule has 3 rings (SSSR count). The Bertz CT molecular complexity index is 884. The largest absolute Gasteiger partial charge is 0.396 e. The SMILES string of the molecule is COC1(C(NC(=O)c2ccc(C#CC#C[C@@H]3C[C@H]3CO)cc2)C(=O)NO)CSC1. The lowest BCUT2D eigenvalue weighted by Crippen LogP contribution is -2.66. The molecule has 0 aromatic heterocycles. The average molecular weight is 414 g/mol. The topological polar surface area (TPSA) is 108 Å². The summed E-state index contributed by atoms with van der Waals surface area (Å²) >= 11 is 1.59. The molecule has 0 radical (unpaired) electrons. The Hall–Kier alpha value is -2.49. The van der Waals surface area contributed by atoms with Gasteiger partial charge < -0.3 is 15.2 Å². The van der Waals surface area contributed by atoms with Crippen LogP contribution in [0.15, 0.2) is 24.3 Å². The number of carbonyl (C=O) groups is 2. The smallest absolute Gasteiger partial charge is 0.268 e. The van der Waals surface area contributed by atoms with Crippen molar-refractivity contribution in [3.05, 3.63) is 35.4 Å². The maximum Gasteiger partial charge on any atom is 0.268 e. The lowest BCUT2D eigenvalue weighted by atomic mass is 9.95. The van der Waals surface area contributed by atoms with Crippen LogP contribution in [0.1, 0.15) is 22.3 Å². The standard InChI is InChI=1S/C21H22N2O5S/c1-28-21(12-29-13-21)18(20(26)23-27)22-19(25)15-8-6-14(7-9-15)4-2-3-5-16-10-17(16)11-24/h6-9,16-18,24,27H,10-13H2,1H3,(H,22,25)(H,23,26)/t16-,17+,18?/m1/s1. The number of methoxy groups -OCH3 is 1. The fourth-order valence-electron chi connectivity index (χ4n) is 2.98. The van der Waals surface area contributed by atoms with E-state index in [0.29, 0.717) is 22.6 Å². The van der Waals surface area contributed by atoms with E-state index in [0.717, 1.165) is 6.42 Å². The van der Waals surface area contributed by atoms with Crippen LogP contribution in [0.4, 0.5) is 0 Å². The molecule has 1 aliphatic carbocycles. The summed E-state index contributed by atoms with van der Waals surface area (Å²) < 4.78 is 5.45. The first kappa shape index (κ1) is 21.2. The number of carbonyl (C=O) groups excluding carboxylic acids is 2. The zero-order valence-corrected chi connectivity index (χ0v) is 16.7. The van der Waals surface area contributed by atoms with E-state index in [-0.39, 0.29) is 18.4 Å². The molecule has 2 amide bonds. The molecule has 7 nitrogen and oxygen atoms in total. The normalized spacial score (nSPS) is 21.9. The van der Waals surface area contributed by atoms with Gasteiger partial charge in [-0.15, -0.1) is 0 Å². The molecular weight excluding hydrogens is 392 g/mol. The van der Waals surface area contributed by atoms with Gasteiger partial charge in [-0.1, -0.05) is 11.8 Å². The Morgan fingerprint density at radius 2 is 2.03 bits per heavy atom. The quantitative estimate of drug-likeness (QED) is 0.305. The summed E-state index contributed by atoms with van der Waals surface area (Å²) in [6.07, 6.45) is 0.924. The van der Waals surface area contributed by atoms with Gasteiger partial charge in [-0.2, -0.15) is 11.8 Å². The van der Waals surface area contributed by atoms with Crippen molar-refractivity contribution in [3.8, 4) is 23.7 Å². The maximum absolute atomic E-state index is 12.6. The molecule has 0 bridgehead atoms. The van der Waals surface area contributed by atoms with Crippen LogP contribution in [0.2, 0.25) is 0 Å². The third kappa shape index (κ3) is 4.92. The third-order valence-electron chi connectivity index (χ3n) is 5.10. The number of aliphatic hydroxyl groups excluding tert-OH is 1. The molecule has 2 fully saturated rings. The maximum atomic E-state index is 12.6. The van der Waals surface area contributed by atoms with Gasteiger partial charge >= 0.3 is 0 Å². The molecule has 1 heterocycles. The van der Waals surface area contributed by atoms with Gasteiger partial charge in [0.05, 0.1) is 0 Å². The monoisotopic (exact) mass is 414 g/mol. The van der Waals surface area contributed by atoms with E-state index < -0.39 is 23.5 Å². The van der Waals surface area contributed by atoms with E-state index in [1.165, 1.54) is 7.11 Å². The van der Waals surface area contributed by atoms with Gasteiger partial charge in [-0.05, 0) is 48.4 Å². The molecular formula is C21H22N2O5S. The second-order valence-corrected chi connectivity index (χ2v) is 8.01. The fraction of sp³-hybridized carbons (Fsp3) is 0.429. The van der Waals surface area contributed by atoms with Crippen molar-refractivity contribution < 1.29 is 24.6 Å². The number of thioether (sulfide) groups is 1. The van der Waals surface area contributed by atoms with Crippen LogP contribution in [-0.4, -0.2) is 59.0 Å². The lowest BCUT2D eigenvalue weighted by Gasteiger charge is -2.44. The zero-order valence-electron chi connectivity index (χ0n) is 15.9. The van der Waals surface area contributed by atoms with Gasteiger partial charge in [-0.25, -0.2) is 5.48 Å². The van der Waals surface area contributed by atoms with Crippen molar-refractivity contribution in [2.75, 3.05) is 25.2 Å². The minimum absolute atomic E-state index is 0.168. The Labute approximate surface area is 173 Å². The van der Waals surface area contributed by atoms with Gasteiger partial charge in [-0.3, -0.25) is 14.8 Å². The number of amides is 2. The summed E-state index contributed by atoms with van der Waals surface area (Å²) in [6.45, 7) is 0.168. The number of nitrogens with one attached hydrogen (secondary N) is 2. The highest BCUT2D eigenvalue weighted by Crippen LogP contribution is 2.37. The number of hydroxylamine groups is 1. The third-order valence-corrected chi connectivity index (χ3v) is 6.49. The molecule has 1 unspecified atom stereocenters. The van der Waals surface area contributed by atoms with Gasteiger partial charge in [0.15, 0.2) is 0 Å². The minimum Gasteiger partial charge on any atom is -0.396 e. The highest BCUT2D eigenvalue weighted by Gasteiger charge is 2.49. The molecule has 3 atom stereocenters. The van der Waals surface area contributed by atoms with Gasteiger partial charge in [0.2, 0.25) is 0 Å². The number of hydrogen-bond acceptors (Lipinski definition) is 6. The number of hydrogen-bond donors (Lipinski definition) is 4. The van der Waals surface area contributed by atoms with Crippen molar-refractivity contribution in [3.63, 3.8) is 0 Å². The van der Waals surface area contributed by atoms with Crippen molar-refractivity contribution >= 4 is 23.6 Å². The number of rotatable bonds is 6. The van der Waals surface area contributed by atoms with Crippen LogP contribution in [-0.2, 0) is 9.53 Å². The van der Waals surface area contributed by atoms with E-state index in [4.69, 9.17) is 15.1 Å². The predicted octanol–water partition coefficient (Wildman–Crippen LogP) is 0.406. The van der Waals surface area contributed by atoms with Crippen LogP contribution in [0, 0.1) is 35.5 Å². The Kier molecular flexibility index (Phi) is 6.83. The molecule has 1 aliphatic heterocycles. The van der Waals surface area contributed by atoms with Crippen LogP contribution in [0.3, 0.4) is 0 Å². The van der Waals surface area contributed by atoms with Gasteiger partial charge in [0.25, 0.3) is 11.8 Å². The molecule has 1 saturated heterocycles. The average Bonchev–Trinajstić information content (AvgIpc) is 3.48. The first-order valence-corrected chi connectivity index (χ1v) is 10.3. The molecule has 29 heavy (non-hydrogen) atoms. The lowest BCUT2D eigenvalue weighted by molar-refractivity contribution is -0.138. The van der Waals surface area contributed by atoms with Crippen LogP contribution in [0.5, 0.6) is 0 Å². The van der Waals surface area contributed by atoms with Crippen LogP contribution in [0.25, 0.3) is 0 Å². The summed E-state index contributed by atoms with van der Waals surface area (Å²) in [4.78, 5) is 24.6. The molecule has 1 saturated carbocycles.